The summed E-state index contributed by atoms with van der Waals surface area (Å²) < 4.78 is 5.77. The largest absolute Gasteiger partial charge is 0.328 e. The highest BCUT2D eigenvalue weighted by molar-refractivity contribution is 7.39. The molecular weight excluding hydrogens is 307 g/mol. The van der Waals surface area contributed by atoms with Crippen LogP contribution in [0.4, 0.5) is 0 Å². The summed E-state index contributed by atoms with van der Waals surface area (Å²) in [5.74, 6) is 0. The molecule has 0 aromatic heterocycles. The van der Waals surface area contributed by atoms with Crippen LogP contribution in [-0.2, 0) is 10.1 Å². The lowest BCUT2D eigenvalue weighted by Gasteiger charge is -2.35. The molecule has 0 unspecified atom stereocenters. The lowest BCUT2D eigenvalue weighted by molar-refractivity contribution is 0.130. The summed E-state index contributed by atoms with van der Waals surface area (Å²) in [6.45, 7) is 0. The van der Waals surface area contributed by atoms with E-state index in [4.69, 9.17) is 4.52 Å². The van der Waals surface area contributed by atoms with Crippen LogP contribution >= 0.6 is 8.60 Å². The summed E-state index contributed by atoms with van der Waals surface area (Å²) in [5.41, 5.74) is 1.45. The highest BCUT2D eigenvalue weighted by Gasteiger charge is 2.39. The highest BCUT2D eigenvalue weighted by Crippen LogP contribution is 2.47. The van der Waals surface area contributed by atoms with E-state index in [1.165, 1.54) is 0 Å². The van der Waals surface area contributed by atoms with Crippen molar-refractivity contribution in [2.45, 2.75) is 5.60 Å². The van der Waals surface area contributed by atoms with E-state index in [-0.39, 0.29) is 0 Å². The molecule has 0 aliphatic rings. The van der Waals surface area contributed by atoms with Gasteiger partial charge in [0.2, 0.25) is 0 Å². The molecule has 4 heteroatoms. The first-order valence-corrected chi connectivity index (χ1v) is 8.43. The van der Waals surface area contributed by atoms with Crippen molar-refractivity contribution in [2.24, 2.45) is 0 Å². The summed E-state index contributed by atoms with van der Waals surface area (Å²) >= 11 is 0. The SMILES string of the molecule is OP(O)OC(c1ccccc1)(c1ccccc1)c1ccccc1. The molecule has 3 nitrogen and oxygen atoms in total. The van der Waals surface area contributed by atoms with Gasteiger partial charge >= 0.3 is 8.60 Å². The summed E-state index contributed by atoms with van der Waals surface area (Å²) in [4.78, 5) is 19.3. The summed E-state index contributed by atoms with van der Waals surface area (Å²) in [5, 5.41) is 0. The van der Waals surface area contributed by atoms with Crippen molar-refractivity contribution in [3.05, 3.63) is 108 Å². The smallest absolute Gasteiger partial charge is 0.328 e. The van der Waals surface area contributed by atoms with Crippen molar-refractivity contribution in [2.75, 3.05) is 0 Å². The van der Waals surface area contributed by atoms with Crippen molar-refractivity contribution >= 4 is 8.60 Å². The average Bonchev–Trinajstić information content (AvgIpc) is 2.62. The number of hydrogen-bond donors (Lipinski definition) is 2. The second kappa shape index (κ2) is 7.03. The fourth-order valence-electron chi connectivity index (χ4n) is 2.80. The van der Waals surface area contributed by atoms with Crippen LogP contribution in [-0.4, -0.2) is 9.79 Å². The van der Waals surface area contributed by atoms with Crippen molar-refractivity contribution in [3.63, 3.8) is 0 Å². The second-order valence-corrected chi connectivity index (χ2v) is 5.81. The Bertz CT molecular complexity index is 634. The molecule has 0 bridgehead atoms. The monoisotopic (exact) mass is 324 g/mol. The molecule has 3 aromatic carbocycles. The Morgan fingerprint density at radius 3 is 1.13 bits per heavy atom. The van der Waals surface area contributed by atoms with Crippen molar-refractivity contribution in [1.29, 1.82) is 0 Å². The van der Waals surface area contributed by atoms with E-state index in [1.807, 2.05) is 91.0 Å². The third kappa shape index (κ3) is 3.19. The van der Waals surface area contributed by atoms with Gasteiger partial charge < -0.3 is 9.79 Å². The minimum Gasteiger partial charge on any atom is -0.328 e. The van der Waals surface area contributed by atoms with E-state index in [0.717, 1.165) is 16.7 Å². The zero-order valence-electron chi connectivity index (χ0n) is 12.4. The molecule has 0 saturated carbocycles. The normalized spacial score (nSPS) is 11.6. The van der Waals surface area contributed by atoms with Gasteiger partial charge in [-0.25, -0.2) is 0 Å². The zero-order chi connectivity index (χ0) is 16.1. The predicted octanol–water partition coefficient (Wildman–Crippen LogP) is 4.21. The quantitative estimate of drug-likeness (QED) is 0.546. The molecule has 0 fully saturated rings. The number of benzene rings is 3. The van der Waals surface area contributed by atoms with Crippen LogP contribution in [0.5, 0.6) is 0 Å². The molecule has 0 aliphatic carbocycles. The van der Waals surface area contributed by atoms with Crippen LogP contribution in [0.3, 0.4) is 0 Å². The summed E-state index contributed by atoms with van der Waals surface area (Å²) in [7, 11) is -2.56. The van der Waals surface area contributed by atoms with Crippen molar-refractivity contribution < 1.29 is 14.3 Å². The standard InChI is InChI=1S/C19H17O3P/c20-23(21)22-19(16-10-4-1-5-11-16,17-12-6-2-7-13-17)18-14-8-3-9-15-18/h1-15,20-21H. The fourth-order valence-corrected chi connectivity index (χ4v) is 3.36. The van der Waals surface area contributed by atoms with E-state index in [9.17, 15) is 9.79 Å². The van der Waals surface area contributed by atoms with E-state index in [1.54, 1.807) is 0 Å². The van der Waals surface area contributed by atoms with E-state index in [2.05, 4.69) is 0 Å². The van der Waals surface area contributed by atoms with E-state index >= 15 is 0 Å². The highest BCUT2D eigenvalue weighted by atomic mass is 31.2. The van der Waals surface area contributed by atoms with Gasteiger partial charge in [-0.05, 0) is 16.7 Å². The van der Waals surface area contributed by atoms with Crippen LogP contribution in [0.25, 0.3) is 0 Å². The minimum absolute atomic E-state index is 0.841. The number of rotatable bonds is 5. The van der Waals surface area contributed by atoms with Crippen molar-refractivity contribution in [1.82, 2.24) is 0 Å². The van der Waals surface area contributed by atoms with Crippen LogP contribution in [0.2, 0.25) is 0 Å². The van der Waals surface area contributed by atoms with Gasteiger partial charge in [-0.1, -0.05) is 91.0 Å². The molecule has 2 N–H and O–H groups in total. The van der Waals surface area contributed by atoms with Gasteiger partial charge in [-0.15, -0.1) is 0 Å². The van der Waals surface area contributed by atoms with Gasteiger partial charge in [0.15, 0.2) is 5.60 Å². The summed E-state index contributed by atoms with van der Waals surface area (Å²) in [6.07, 6.45) is 0. The van der Waals surface area contributed by atoms with Gasteiger partial charge in [0, 0.05) is 0 Å². The predicted molar refractivity (Wildman–Crippen MR) is 91.7 cm³/mol. The molecule has 0 amide bonds. The number of hydrogen-bond acceptors (Lipinski definition) is 3. The maximum atomic E-state index is 9.67. The molecular formula is C19H17O3P. The zero-order valence-corrected chi connectivity index (χ0v) is 13.3. The van der Waals surface area contributed by atoms with Gasteiger partial charge in [0.25, 0.3) is 0 Å². The Morgan fingerprint density at radius 2 is 0.870 bits per heavy atom. The van der Waals surface area contributed by atoms with Crippen LogP contribution < -0.4 is 0 Å². The molecule has 23 heavy (non-hydrogen) atoms. The van der Waals surface area contributed by atoms with Crippen LogP contribution in [0.1, 0.15) is 16.7 Å². The Morgan fingerprint density at radius 1 is 0.565 bits per heavy atom. The Labute approximate surface area is 136 Å². The first-order valence-electron chi connectivity index (χ1n) is 7.27. The van der Waals surface area contributed by atoms with Crippen LogP contribution in [0.15, 0.2) is 91.0 Å². The Hall–Kier alpha value is -2.03. The lowest BCUT2D eigenvalue weighted by Crippen LogP contribution is -2.31. The van der Waals surface area contributed by atoms with Crippen LogP contribution in [0, 0.1) is 0 Å². The fraction of sp³-hybridized carbons (Fsp3) is 0.0526. The molecule has 0 atom stereocenters. The Balaban J connectivity index is 2.30. The average molecular weight is 324 g/mol. The molecule has 0 saturated heterocycles. The molecule has 116 valence electrons. The third-order valence-corrected chi connectivity index (χ3v) is 4.20. The Kier molecular flexibility index (Phi) is 4.85. The second-order valence-electron chi connectivity index (χ2n) is 5.12. The third-order valence-electron chi connectivity index (χ3n) is 3.76. The molecule has 0 heterocycles. The summed E-state index contributed by atoms with van der Waals surface area (Å²) in [6, 6.07) is 28.8. The van der Waals surface area contributed by atoms with Gasteiger partial charge in [-0.2, -0.15) is 0 Å². The minimum atomic E-state index is -2.56. The van der Waals surface area contributed by atoms with Gasteiger partial charge in [-0.3, -0.25) is 4.52 Å². The lowest BCUT2D eigenvalue weighted by atomic mass is 9.80. The first-order chi connectivity index (χ1) is 11.2. The van der Waals surface area contributed by atoms with E-state index < -0.39 is 14.2 Å². The van der Waals surface area contributed by atoms with E-state index in [0.29, 0.717) is 0 Å². The maximum Gasteiger partial charge on any atom is 0.328 e. The molecule has 0 spiro atoms. The molecule has 3 rings (SSSR count). The first kappa shape index (κ1) is 15.9. The maximum absolute atomic E-state index is 9.67. The molecule has 3 aromatic rings. The topological polar surface area (TPSA) is 49.7 Å². The van der Waals surface area contributed by atoms with Gasteiger partial charge in [0.05, 0.1) is 0 Å². The van der Waals surface area contributed by atoms with Crippen molar-refractivity contribution in [3.8, 4) is 0 Å². The van der Waals surface area contributed by atoms with Gasteiger partial charge in [0.1, 0.15) is 0 Å². The molecule has 0 radical (unpaired) electrons. The molecule has 0 aliphatic heterocycles.